The largest absolute Gasteiger partial charge is 0.457 e. The summed E-state index contributed by atoms with van der Waals surface area (Å²) in [7, 11) is 0. The third kappa shape index (κ3) is 4.00. The van der Waals surface area contributed by atoms with Gasteiger partial charge in [0.15, 0.2) is 6.61 Å². The predicted molar refractivity (Wildman–Crippen MR) is 100 cm³/mol. The molecule has 1 saturated heterocycles. The lowest BCUT2D eigenvalue weighted by Gasteiger charge is -2.39. The number of hydrogen-bond donors (Lipinski definition) is 0. The number of Topliss-reactive ketones (excluding diaryl/α,β-unsaturated/α-hetero) is 1. The van der Waals surface area contributed by atoms with Crippen molar-refractivity contribution in [1.29, 1.82) is 0 Å². The number of amides is 1. The fourth-order valence-electron chi connectivity index (χ4n) is 4.11. The fraction of sp³-hybridized carbons (Fsp3) is 0.650. The van der Waals surface area contributed by atoms with Gasteiger partial charge in [-0.1, -0.05) is 26.7 Å². The molecule has 3 rings (SSSR count). The van der Waals surface area contributed by atoms with Gasteiger partial charge in [0.1, 0.15) is 0 Å². The average molecular weight is 378 g/mol. The van der Waals surface area contributed by atoms with E-state index in [1.165, 1.54) is 17.8 Å². The highest BCUT2D eigenvalue weighted by Crippen LogP contribution is 2.35. The second-order valence-corrected chi connectivity index (χ2v) is 9.01. The van der Waals surface area contributed by atoms with Crippen molar-refractivity contribution in [3.05, 3.63) is 21.9 Å². The van der Waals surface area contributed by atoms with Crippen molar-refractivity contribution in [1.82, 2.24) is 4.90 Å². The zero-order valence-corrected chi connectivity index (χ0v) is 16.5. The maximum absolute atomic E-state index is 12.5. The number of aryl methyl sites for hydroxylation is 1. The van der Waals surface area contributed by atoms with E-state index in [-0.39, 0.29) is 30.8 Å². The highest BCUT2D eigenvalue weighted by atomic mass is 32.1. The molecule has 1 aromatic heterocycles. The number of likely N-dealkylation sites (tertiary alicyclic amines) is 1. The minimum absolute atomic E-state index is 0.0399. The summed E-state index contributed by atoms with van der Waals surface area (Å²) >= 11 is 1.40. The van der Waals surface area contributed by atoms with Gasteiger partial charge in [0.05, 0.1) is 10.8 Å². The van der Waals surface area contributed by atoms with Gasteiger partial charge < -0.3 is 9.64 Å². The molecule has 6 heteroatoms. The van der Waals surface area contributed by atoms with E-state index in [9.17, 15) is 14.4 Å². The Bertz CT molecular complexity index is 698. The SMILES string of the molecule is Cc1ccc(C(=O)COC(=O)[C@H]2CC(=O)N([C@@H]3CCC[C@H](C)[C@@H]3C)C2)s1. The maximum Gasteiger partial charge on any atom is 0.311 e. The van der Waals surface area contributed by atoms with Gasteiger partial charge in [0, 0.05) is 23.9 Å². The fourth-order valence-corrected chi connectivity index (χ4v) is 4.91. The summed E-state index contributed by atoms with van der Waals surface area (Å²) in [5.74, 6) is 0.0137. The molecule has 2 fully saturated rings. The van der Waals surface area contributed by atoms with Gasteiger partial charge >= 0.3 is 5.97 Å². The molecule has 2 heterocycles. The molecule has 1 saturated carbocycles. The van der Waals surface area contributed by atoms with Crippen LogP contribution in [0.15, 0.2) is 12.1 Å². The molecule has 142 valence electrons. The highest BCUT2D eigenvalue weighted by Gasteiger charge is 2.42. The Hall–Kier alpha value is -1.69. The van der Waals surface area contributed by atoms with Crippen LogP contribution < -0.4 is 0 Å². The van der Waals surface area contributed by atoms with Gasteiger partial charge in [-0.2, -0.15) is 0 Å². The number of hydrogen-bond acceptors (Lipinski definition) is 5. The lowest BCUT2D eigenvalue weighted by atomic mass is 9.77. The quantitative estimate of drug-likeness (QED) is 0.582. The van der Waals surface area contributed by atoms with Crippen molar-refractivity contribution in [2.75, 3.05) is 13.2 Å². The van der Waals surface area contributed by atoms with Crippen molar-refractivity contribution >= 4 is 29.0 Å². The Balaban J connectivity index is 1.54. The molecule has 26 heavy (non-hydrogen) atoms. The van der Waals surface area contributed by atoms with Gasteiger partial charge in [-0.15, -0.1) is 11.3 Å². The van der Waals surface area contributed by atoms with E-state index in [4.69, 9.17) is 4.74 Å². The monoisotopic (exact) mass is 377 g/mol. The molecule has 0 unspecified atom stereocenters. The summed E-state index contributed by atoms with van der Waals surface area (Å²) in [4.78, 5) is 40.4. The van der Waals surface area contributed by atoms with Crippen LogP contribution in [-0.2, 0) is 14.3 Å². The van der Waals surface area contributed by atoms with E-state index in [0.29, 0.717) is 23.3 Å². The summed E-state index contributed by atoms with van der Waals surface area (Å²) in [6.07, 6.45) is 3.54. The lowest BCUT2D eigenvalue weighted by Crippen LogP contribution is -2.45. The zero-order valence-electron chi connectivity index (χ0n) is 15.7. The van der Waals surface area contributed by atoms with Gasteiger partial charge in [0.2, 0.25) is 11.7 Å². The Morgan fingerprint density at radius 3 is 2.73 bits per heavy atom. The number of carbonyl (C=O) groups is 3. The second kappa shape index (κ2) is 7.91. The summed E-state index contributed by atoms with van der Waals surface area (Å²) < 4.78 is 5.22. The van der Waals surface area contributed by atoms with Crippen LogP contribution in [-0.4, -0.2) is 41.8 Å². The summed E-state index contributed by atoms with van der Waals surface area (Å²) in [6, 6.07) is 3.85. The molecule has 2 aliphatic rings. The summed E-state index contributed by atoms with van der Waals surface area (Å²) in [5, 5.41) is 0. The van der Waals surface area contributed by atoms with Gasteiger partial charge in [-0.25, -0.2) is 0 Å². The normalized spacial score (nSPS) is 29.0. The minimum atomic E-state index is -0.454. The summed E-state index contributed by atoms with van der Waals surface area (Å²) in [5.41, 5.74) is 0. The van der Waals surface area contributed by atoms with E-state index in [1.54, 1.807) is 6.07 Å². The van der Waals surface area contributed by atoms with Crippen molar-refractivity contribution in [2.24, 2.45) is 17.8 Å². The van der Waals surface area contributed by atoms with Crippen LogP contribution in [0.2, 0.25) is 0 Å². The van der Waals surface area contributed by atoms with Crippen molar-refractivity contribution < 1.29 is 19.1 Å². The van der Waals surface area contributed by atoms with Crippen molar-refractivity contribution in [2.45, 2.75) is 52.5 Å². The molecule has 0 bridgehead atoms. The molecular weight excluding hydrogens is 350 g/mol. The molecule has 0 N–H and O–H groups in total. The van der Waals surface area contributed by atoms with Gasteiger partial charge in [-0.05, 0) is 37.3 Å². The number of rotatable bonds is 5. The number of nitrogens with zero attached hydrogens (tertiary/aromatic N) is 1. The Kier molecular flexibility index (Phi) is 5.80. The standard InChI is InChI=1S/C20H27NO4S/c1-12-5-4-6-16(14(12)3)21-10-15(9-19(21)23)20(24)25-11-17(22)18-8-7-13(2)26-18/h7-8,12,14-16H,4-6,9-11H2,1-3H3/t12-,14-,15-,16+/m0/s1. The maximum atomic E-state index is 12.5. The van der Waals surface area contributed by atoms with Crippen LogP contribution in [0.25, 0.3) is 0 Å². The number of ketones is 1. The van der Waals surface area contributed by atoms with Crippen molar-refractivity contribution in [3.8, 4) is 0 Å². The van der Waals surface area contributed by atoms with Crippen LogP contribution in [0.3, 0.4) is 0 Å². The molecule has 1 aliphatic carbocycles. The molecular formula is C20H27NO4S. The molecule has 1 amide bonds. The number of esters is 1. The Labute approximate surface area is 158 Å². The van der Waals surface area contributed by atoms with Crippen LogP contribution >= 0.6 is 11.3 Å². The first-order chi connectivity index (χ1) is 12.4. The van der Waals surface area contributed by atoms with E-state index in [1.807, 2.05) is 17.9 Å². The minimum Gasteiger partial charge on any atom is -0.457 e. The Morgan fingerprint density at radius 2 is 2.04 bits per heavy atom. The number of thiophene rings is 1. The van der Waals surface area contributed by atoms with Crippen LogP contribution in [0.5, 0.6) is 0 Å². The number of ether oxygens (including phenoxy) is 1. The number of carbonyl (C=O) groups excluding carboxylic acids is 3. The average Bonchev–Trinajstić information content (AvgIpc) is 3.21. The second-order valence-electron chi connectivity index (χ2n) is 7.72. The van der Waals surface area contributed by atoms with Gasteiger partial charge in [-0.3, -0.25) is 14.4 Å². The summed E-state index contributed by atoms with van der Waals surface area (Å²) in [6.45, 7) is 6.54. The van der Waals surface area contributed by atoms with E-state index < -0.39 is 11.9 Å². The van der Waals surface area contributed by atoms with Crippen LogP contribution in [0, 0.1) is 24.7 Å². The Morgan fingerprint density at radius 1 is 1.27 bits per heavy atom. The molecule has 1 aliphatic heterocycles. The predicted octanol–water partition coefficient (Wildman–Crippen LogP) is 3.46. The first-order valence-corrected chi connectivity index (χ1v) is 10.2. The van der Waals surface area contributed by atoms with E-state index in [0.717, 1.165) is 17.7 Å². The molecule has 0 aromatic carbocycles. The van der Waals surface area contributed by atoms with Crippen LogP contribution in [0.1, 0.15) is 54.1 Å². The van der Waals surface area contributed by atoms with Crippen molar-refractivity contribution in [3.63, 3.8) is 0 Å². The van der Waals surface area contributed by atoms with Gasteiger partial charge in [0.25, 0.3) is 0 Å². The smallest absolute Gasteiger partial charge is 0.311 e. The van der Waals surface area contributed by atoms with E-state index in [2.05, 4.69) is 13.8 Å². The molecule has 0 spiro atoms. The lowest BCUT2D eigenvalue weighted by molar-refractivity contribution is -0.147. The molecule has 0 radical (unpaired) electrons. The zero-order chi connectivity index (χ0) is 18.8. The van der Waals surface area contributed by atoms with E-state index >= 15 is 0 Å². The third-order valence-corrected chi connectivity index (χ3v) is 6.96. The van der Waals surface area contributed by atoms with Crippen LogP contribution in [0.4, 0.5) is 0 Å². The topological polar surface area (TPSA) is 63.7 Å². The first-order valence-electron chi connectivity index (χ1n) is 9.42. The molecule has 1 aromatic rings. The third-order valence-electron chi connectivity index (χ3n) is 5.92. The molecule has 5 nitrogen and oxygen atoms in total. The highest BCUT2D eigenvalue weighted by molar-refractivity contribution is 7.14. The first kappa shape index (κ1) is 19.1. The molecule has 4 atom stereocenters.